The molecule has 1 aromatic rings. The molecule has 2 rings (SSSR count). The summed E-state index contributed by atoms with van der Waals surface area (Å²) in [6.45, 7) is 0. The van der Waals surface area contributed by atoms with Gasteiger partial charge >= 0.3 is 5.97 Å². The van der Waals surface area contributed by atoms with Crippen molar-refractivity contribution in [2.24, 2.45) is 11.8 Å². The summed E-state index contributed by atoms with van der Waals surface area (Å²) in [5, 5.41) is 12.2. The number of halogens is 1. The van der Waals surface area contributed by atoms with E-state index in [4.69, 9.17) is 21.4 Å². The van der Waals surface area contributed by atoms with Crippen LogP contribution in [-0.4, -0.2) is 24.1 Å². The fourth-order valence-corrected chi connectivity index (χ4v) is 2.90. The van der Waals surface area contributed by atoms with E-state index in [1.807, 2.05) is 0 Å². The van der Waals surface area contributed by atoms with Gasteiger partial charge < -0.3 is 15.2 Å². The fraction of sp³-hybridized carbons (Fsp3) is 0.467. The Morgan fingerprint density at radius 3 is 2.43 bits per heavy atom. The van der Waals surface area contributed by atoms with Crippen LogP contribution in [0.15, 0.2) is 18.2 Å². The molecule has 2 N–H and O–H groups in total. The number of carboxylic acids is 1. The minimum atomic E-state index is -0.773. The first kappa shape index (κ1) is 15.6. The number of carbonyl (C=O) groups excluding carboxylic acids is 1. The number of carbonyl (C=O) groups is 2. The van der Waals surface area contributed by atoms with E-state index in [0.717, 1.165) is 0 Å². The lowest BCUT2D eigenvalue weighted by molar-refractivity contribution is -0.143. The number of anilines is 1. The highest BCUT2D eigenvalue weighted by Gasteiger charge is 2.30. The average molecular weight is 312 g/mol. The second kappa shape index (κ2) is 6.80. The first-order chi connectivity index (χ1) is 10.0. The molecule has 0 saturated heterocycles. The number of nitrogens with one attached hydrogen (secondary N) is 1. The van der Waals surface area contributed by atoms with Gasteiger partial charge in [-0.2, -0.15) is 0 Å². The smallest absolute Gasteiger partial charge is 0.306 e. The van der Waals surface area contributed by atoms with Crippen LogP contribution in [0.5, 0.6) is 5.75 Å². The van der Waals surface area contributed by atoms with Crippen LogP contribution >= 0.6 is 11.6 Å². The van der Waals surface area contributed by atoms with Crippen molar-refractivity contribution in [2.75, 3.05) is 12.4 Å². The molecule has 1 saturated carbocycles. The van der Waals surface area contributed by atoms with E-state index < -0.39 is 5.97 Å². The largest absolute Gasteiger partial charge is 0.493 e. The molecule has 0 atom stereocenters. The zero-order chi connectivity index (χ0) is 15.4. The number of para-hydroxylation sites is 1. The van der Waals surface area contributed by atoms with E-state index in [-0.39, 0.29) is 17.7 Å². The molecule has 5 nitrogen and oxygen atoms in total. The van der Waals surface area contributed by atoms with Gasteiger partial charge in [0, 0.05) is 5.92 Å². The van der Waals surface area contributed by atoms with Crippen molar-refractivity contribution in [2.45, 2.75) is 25.7 Å². The molecule has 6 heteroatoms. The number of methoxy groups -OCH3 is 1. The van der Waals surface area contributed by atoms with Crippen LogP contribution in [0.3, 0.4) is 0 Å². The summed E-state index contributed by atoms with van der Waals surface area (Å²) >= 11 is 6.01. The summed E-state index contributed by atoms with van der Waals surface area (Å²) in [5.74, 6) is -0.935. The van der Waals surface area contributed by atoms with Gasteiger partial charge in [0.1, 0.15) is 0 Å². The monoisotopic (exact) mass is 311 g/mol. The quantitative estimate of drug-likeness (QED) is 0.895. The number of carboxylic acid groups (broad SMARTS) is 1. The highest BCUT2D eigenvalue weighted by molar-refractivity contribution is 6.32. The van der Waals surface area contributed by atoms with E-state index in [1.54, 1.807) is 18.2 Å². The lowest BCUT2D eigenvalue weighted by Gasteiger charge is -2.25. The van der Waals surface area contributed by atoms with Crippen LogP contribution < -0.4 is 10.1 Å². The van der Waals surface area contributed by atoms with Gasteiger partial charge in [-0.25, -0.2) is 0 Å². The van der Waals surface area contributed by atoms with Crippen LogP contribution in [0.2, 0.25) is 5.02 Å². The Morgan fingerprint density at radius 1 is 1.24 bits per heavy atom. The van der Waals surface area contributed by atoms with E-state index in [1.165, 1.54) is 7.11 Å². The lowest BCUT2D eigenvalue weighted by Crippen LogP contribution is -2.29. The number of benzene rings is 1. The number of aliphatic carboxylic acids is 1. The normalized spacial score (nSPS) is 21.6. The van der Waals surface area contributed by atoms with Crippen molar-refractivity contribution < 1.29 is 19.4 Å². The Morgan fingerprint density at radius 2 is 1.86 bits per heavy atom. The molecule has 0 radical (unpaired) electrons. The molecule has 0 unspecified atom stereocenters. The molecule has 0 bridgehead atoms. The standard InChI is InChI=1S/C15H18ClNO4/c1-21-13-11(16)3-2-4-12(13)17-14(18)9-5-7-10(8-6-9)15(19)20/h2-4,9-10H,5-8H2,1H3,(H,17,18)(H,19,20). The predicted octanol–water partition coefficient (Wildman–Crippen LogP) is 3.18. The molecule has 1 aromatic carbocycles. The zero-order valence-electron chi connectivity index (χ0n) is 11.8. The fourth-order valence-electron chi connectivity index (χ4n) is 2.65. The van der Waals surface area contributed by atoms with Crippen molar-refractivity contribution in [3.05, 3.63) is 23.2 Å². The van der Waals surface area contributed by atoms with Gasteiger partial charge in [0.15, 0.2) is 5.75 Å². The molecule has 1 aliphatic rings. The number of hydrogen-bond acceptors (Lipinski definition) is 3. The summed E-state index contributed by atoms with van der Waals surface area (Å²) < 4.78 is 5.19. The Bertz CT molecular complexity index is 538. The molecule has 21 heavy (non-hydrogen) atoms. The van der Waals surface area contributed by atoms with Gasteiger partial charge in [0.05, 0.1) is 23.7 Å². The van der Waals surface area contributed by atoms with Crippen LogP contribution in [0, 0.1) is 11.8 Å². The Kier molecular flexibility index (Phi) is 5.07. The van der Waals surface area contributed by atoms with E-state index in [2.05, 4.69) is 5.32 Å². The Labute approximate surface area is 128 Å². The predicted molar refractivity (Wildman–Crippen MR) is 79.7 cm³/mol. The number of hydrogen-bond donors (Lipinski definition) is 2. The number of amides is 1. The molecule has 1 fully saturated rings. The second-order valence-electron chi connectivity index (χ2n) is 5.20. The van der Waals surface area contributed by atoms with Crippen molar-refractivity contribution in [1.29, 1.82) is 0 Å². The third-order valence-corrected chi connectivity index (χ3v) is 4.17. The average Bonchev–Trinajstić information content (AvgIpc) is 2.47. The summed E-state index contributed by atoms with van der Waals surface area (Å²) in [7, 11) is 1.49. The van der Waals surface area contributed by atoms with Crippen LogP contribution in [-0.2, 0) is 9.59 Å². The maximum atomic E-state index is 12.3. The lowest BCUT2D eigenvalue weighted by atomic mass is 9.81. The van der Waals surface area contributed by atoms with Gasteiger partial charge in [-0.3, -0.25) is 9.59 Å². The third-order valence-electron chi connectivity index (χ3n) is 3.88. The molecular weight excluding hydrogens is 294 g/mol. The van der Waals surface area contributed by atoms with Gasteiger partial charge in [0.25, 0.3) is 0 Å². The summed E-state index contributed by atoms with van der Waals surface area (Å²) in [6, 6.07) is 5.15. The minimum absolute atomic E-state index is 0.112. The summed E-state index contributed by atoms with van der Waals surface area (Å²) in [5.41, 5.74) is 0.537. The molecule has 1 aliphatic carbocycles. The molecule has 114 valence electrons. The van der Waals surface area contributed by atoms with Gasteiger partial charge in [-0.1, -0.05) is 17.7 Å². The Hall–Kier alpha value is -1.75. The van der Waals surface area contributed by atoms with Crippen LogP contribution in [0.4, 0.5) is 5.69 Å². The third kappa shape index (κ3) is 3.67. The molecule has 0 spiro atoms. The molecule has 0 aromatic heterocycles. The van der Waals surface area contributed by atoms with Gasteiger partial charge in [-0.05, 0) is 37.8 Å². The summed E-state index contributed by atoms with van der Waals surface area (Å²) in [4.78, 5) is 23.2. The summed E-state index contributed by atoms with van der Waals surface area (Å²) in [6.07, 6.45) is 2.26. The van der Waals surface area contributed by atoms with Crippen molar-refractivity contribution in [1.82, 2.24) is 0 Å². The van der Waals surface area contributed by atoms with E-state index in [9.17, 15) is 9.59 Å². The van der Waals surface area contributed by atoms with Crippen molar-refractivity contribution in [3.63, 3.8) is 0 Å². The SMILES string of the molecule is COc1c(Cl)cccc1NC(=O)C1CCC(C(=O)O)CC1. The van der Waals surface area contributed by atoms with Gasteiger partial charge in [-0.15, -0.1) is 0 Å². The maximum Gasteiger partial charge on any atom is 0.306 e. The first-order valence-corrected chi connectivity index (χ1v) is 7.27. The van der Waals surface area contributed by atoms with Crippen molar-refractivity contribution >= 4 is 29.2 Å². The highest BCUT2D eigenvalue weighted by atomic mass is 35.5. The zero-order valence-corrected chi connectivity index (χ0v) is 12.5. The van der Waals surface area contributed by atoms with Crippen LogP contribution in [0.1, 0.15) is 25.7 Å². The molecule has 0 aliphatic heterocycles. The van der Waals surface area contributed by atoms with Gasteiger partial charge in [0.2, 0.25) is 5.91 Å². The molecule has 0 heterocycles. The second-order valence-corrected chi connectivity index (χ2v) is 5.60. The molecular formula is C15H18ClNO4. The maximum absolute atomic E-state index is 12.3. The van der Waals surface area contributed by atoms with Crippen molar-refractivity contribution in [3.8, 4) is 5.75 Å². The van der Waals surface area contributed by atoms with E-state index in [0.29, 0.717) is 42.1 Å². The number of rotatable bonds is 4. The van der Waals surface area contributed by atoms with Crippen LogP contribution in [0.25, 0.3) is 0 Å². The van der Waals surface area contributed by atoms with E-state index >= 15 is 0 Å². The number of ether oxygens (including phenoxy) is 1. The Balaban J connectivity index is 2.00. The first-order valence-electron chi connectivity index (χ1n) is 6.89. The topological polar surface area (TPSA) is 75.6 Å². The molecule has 1 amide bonds. The highest BCUT2D eigenvalue weighted by Crippen LogP contribution is 2.34. The minimum Gasteiger partial charge on any atom is -0.493 e.